The van der Waals surface area contributed by atoms with E-state index in [0.29, 0.717) is 29.9 Å². The van der Waals surface area contributed by atoms with Crippen LogP contribution in [-0.4, -0.2) is 36.0 Å². The Kier molecular flexibility index (Phi) is 3.76. The van der Waals surface area contributed by atoms with Crippen molar-refractivity contribution in [2.75, 3.05) is 20.2 Å². The summed E-state index contributed by atoms with van der Waals surface area (Å²) < 4.78 is 19.3. The summed E-state index contributed by atoms with van der Waals surface area (Å²) in [6.45, 7) is 1.08. The molecule has 0 radical (unpaired) electrons. The lowest BCUT2D eigenvalue weighted by atomic mass is 10.1. The number of carbonyl (C=O) groups excluding carboxylic acids is 1. The quantitative estimate of drug-likeness (QED) is 0.789. The van der Waals surface area contributed by atoms with Gasteiger partial charge in [-0.25, -0.2) is 4.39 Å². The van der Waals surface area contributed by atoms with Crippen molar-refractivity contribution in [2.45, 2.75) is 0 Å². The molecule has 0 fully saturated rings. The first kappa shape index (κ1) is 15.4. The van der Waals surface area contributed by atoms with Crippen LogP contribution in [0.4, 0.5) is 4.39 Å². The molecule has 2 heterocycles. The van der Waals surface area contributed by atoms with Crippen molar-refractivity contribution >= 4 is 22.4 Å². The highest BCUT2D eigenvalue weighted by Gasteiger charge is 2.24. The molecule has 2 aromatic carbocycles. The van der Waals surface area contributed by atoms with Crippen LogP contribution in [-0.2, 0) is 0 Å². The van der Waals surface area contributed by atoms with E-state index in [9.17, 15) is 9.18 Å². The summed E-state index contributed by atoms with van der Waals surface area (Å²) in [6.07, 6.45) is 2.05. The fourth-order valence-electron chi connectivity index (χ4n) is 3.19. The first-order valence-electron chi connectivity index (χ1n) is 8.06. The molecule has 25 heavy (non-hydrogen) atoms. The zero-order chi connectivity index (χ0) is 17.4. The number of aromatic nitrogens is 1. The lowest BCUT2D eigenvalue weighted by Crippen LogP contribution is -2.29. The van der Waals surface area contributed by atoms with Gasteiger partial charge >= 0.3 is 0 Å². The molecule has 5 heteroatoms. The molecule has 4 rings (SSSR count). The number of amides is 1. The number of hydrogen-bond acceptors (Lipinski definition) is 2. The van der Waals surface area contributed by atoms with E-state index in [0.717, 1.165) is 11.1 Å². The molecule has 4 nitrogen and oxygen atoms in total. The van der Waals surface area contributed by atoms with Crippen LogP contribution in [0.1, 0.15) is 16.1 Å². The van der Waals surface area contributed by atoms with Gasteiger partial charge in [-0.05, 0) is 29.3 Å². The van der Waals surface area contributed by atoms with E-state index in [1.807, 2.05) is 30.3 Å². The van der Waals surface area contributed by atoms with Gasteiger partial charge in [0.25, 0.3) is 5.91 Å². The first-order valence-corrected chi connectivity index (χ1v) is 8.06. The minimum atomic E-state index is -0.403. The van der Waals surface area contributed by atoms with Gasteiger partial charge in [-0.3, -0.25) is 4.79 Å². The summed E-state index contributed by atoms with van der Waals surface area (Å²) in [6, 6.07) is 14.5. The third-order valence-electron chi connectivity index (χ3n) is 4.50. The maximum absolute atomic E-state index is 14.0. The number of H-pyrrole nitrogens is 1. The van der Waals surface area contributed by atoms with Crippen LogP contribution >= 0.6 is 0 Å². The number of benzene rings is 2. The number of methoxy groups -OCH3 is 1. The molecule has 0 spiro atoms. The molecule has 0 saturated carbocycles. The van der Waals surface area contributed by atoms with Crippen molar-refractivity contribution in [3.8, 4) is 5.75 Å². The van der Waals surface area contributed by atoms with Gasteiger partial charge in [-0.15, -0.1) is 0 Å². The number of rotatable bonds is 3. The number of aromatic amines is 1. The predicted octanol–water partition coefficient (Wildman–Crippen LogP) is 3.86. The van der Waals surface area contributed by atoms with Crippen LogP contribution in [0.25, 0.3) is 16.5 Å². The Balaban J connectivity index is 1.60. The molecule has 1 aliphatic heterocycles. The second kappa shape index (κ2) is 6.09. The molecule has 1 N–H and O–H groups in total. The van der Waals surface area contributed by atoms with E-state index in [4.69, 9.17) is 4.74 Å². The molecular formula is C20H17FN2O2. The average Bonchev–Trinajstić information content (AvgIpc) is 3.30. The van der Waals surface area contributed by atoms with Gasteiger partial charge in [0.1, 0.15) is 17.3 Å². The van der Waals surface area contributed by atoms with E-state index in [1.54, 1.807) is 17.0 Å². The lowest BCUT2D eigenvalue weighted by molar-refractivity contribution is 0.0796. The number of ether oxygens (including phenoxy) is 1. The summed E-state index contributed by atoms with van der Waals surface area (Å²) in [5.41, 5.74) is 2.88. The summed E-state index contributed by atoms with van der Waals surface area (Å²) in [5.74, 6) is -0.0181. The standard InChI is InChI=1S/C20H17FN2O2/c1-25-18-8-7-16(21)19-15(18)11-17(22-19)20(24)23-10-9-14(12-23)13-5-3-2-4-6-13/h2-9,11,22H,10,12H2,1H3. The highest BCUT2D eigenvalue weighted by atomic mass is 19.1. The minimum Gasteiger partial charge on any atom is -0.496 e. The zero-order valence-corrected chi connectivity index (χ0v) is 13.8. The van der Waals surface area contributed by atoms with Gasteiger partial charge in [0.15, 0.2) is 0 Å². The minimum absolute atomic E-state index is 0.153. The Morgan fingerprint density at radius 1 is 1.20 bits per heavy atom. The van der Waals surface area contributed by atoms with Gasteiger partial charge in [0, 0.05) is 18.5 Å². The predicted molar refractivity (Wildman–Crippen MR) is 95.1 cm³/mol. The Hall–Kier alpha value is -3.08. The number of fused-ring (bicyclic) bond motifs is 1. The summed E-state index contributed by atoms with van der Waals surface area (Å²) >= 11 is 0. The van der Waals surface area contributed by atoms with E-state index in [2.05, 4.69) is 11.1 Å². The number of carbonyl (C=O) groups is 1. The largest absolute Gasteiger partial charge is 0.496 e. The molecule has 0 saturated heterocycles. The third kappa shape index (κ3) is 2.67. The second-order valence-corrected chi connectivity index (χ2v) is 6.00. The topological polar surface area (TPSA) is 45.3 Å². The third-order valence-corrected chi connectivity index (χ3v) is 4.50. The van der Waals surface area contributed by atoms with Crippen molar-refractivity contribution in [1.82, 2.24) is 9.88 Å². The van der Waals surface area contributed by atoms with Crippen LogP contribution in [0, 0.1) is 5.82 Å². The van der Waals surface area contributed by atoms with Crippen molar-refractivity contribution in [3.63, 3.8) is 0 Å². The molecule has 0 unspecified atom stereocenters. The molecule has 1 aliphatic rings. The molecule has 0 atom stereocenters. The van der Waals surface area contributed by atoms with Crippen LogP contribution in [0.2, 0.25) is 0 Å². The van der Waals surface area contributed by atoms with Crippen molar-refractivity contribution < 1.29 is 13.9 Å². The fraction of sp³-hybridized carbons (Fsp3) is 0.150. The first-order chi connectivity index (χ1) is 12.2. The number of halogens is 1. The molecule has 126 valence electrons. The Morgan fingerprint density at radius 3 is 2.76 bits per heavy atom. The summed E-state index contributed by atoms with van der Waals surface area (Å²) in [4.78, 5) is 17.4. The van der Waals surface area contributed by atoms with E-state index >= 15 is 0 Å². The maximum Gasteiger partial charge on any atom is 0.270 e. The van der Waals surface area contributed by atoms with Gasteiger partial charge in [-0.1, -0.05) is 36.4 Å². The normalized spacial score (nSPS) is 14.0. The fourth-order valence-corrected chi connectivity index (χ4v) is 3.19. The monoisotopic (exact) mass is 336 g/mol. The Morgan fingerprint density at radius 2 is 2.00 bits per heavy atom. The van der Waals surface area contributed by atoms with Crippen LogP contribution in [0.3, 0.4) is 0 Å². The number of hydrogen-bond donors (Lipinski definition) is 1. The lowest BCUT2D eigenvalue weighted by Gasteiger charge is -2.15. The van der Waals surface area contributed by atoms with Gasteiger partial charge < -0.3 is 14.6 Å². The van der Waals surface area contributed by atoms with Gasteiger partial charge in [0.2, 0.25) is 0 Å². The number of nitrogens with zero attached hydrogens (tertiary/aromatic N) is 1. The smallest absolute Gasteiger partial charge is 0.270 e. The number of nitrogens with one attached hydrogen (secondary N) is 1. The Bertz CT molecular complexity index is 976. The molecular weight excluding hydrogens is 319 g/mol. The summed E-state index contributed by atoms with van der Waals surface area (Å²) in [5, 5.41) is 0.571. The zero-order valence-electron chi connectivity index (χ0n) is 13.8. The Labute approximate surface area is 144 Å². The molecule has 1 amide bonds. The van der Waals surface area contributed by atoms with Crippen LogP contribution < -0.4 is 4.74 Å². The molecule has 0 aliphatic carbocycles. The van der Waals surface area contributed by atoms with E-state index < -0.39 is 5.82 Å². The van der Waals surface area contributed by atoms with Crippen molar-refractivity contribution in [3.05, 3.63) is 71.7 Å². The highest BCUT2D eigenvalue weighted by molar-refractivity contribution is 6.01. The summed E-state index contributed by atoms with van der Waals surface area (Å²) in [7, 11) is 1.53. The van der Waals surface area contributed by atoms with Gasteiger partial charge in [0.05, 0.1) is 12.6 Å². The SMILES string of the molecule is COc1ccc(F)c2[nH]c(C(=O)N3CC=C(c4ccccc4)C3)cc12. The van der Waals surface area contributed by atoms with E-state index in [-0.39, 0.29) is 11.4 Å². The molecule has 3 aromatic rings. The molecule has 0 bridgehead atoms. The van der Waals surface area contributed by atoms with Crippen molar-refractivity contribution in [2.24, 2.45) is 0 Å². The second-order valence-electron chi connectivity index (χ2n) is 6.00. The van der Waals surface area contributed by atoms with Crippen LogP contribution in [0.5, 0.6) is 5.75 Å². The van der Waals surface area contributed by atoms with Crippen molar-refractivity contribution in [1.29, 1.82) is 0 Å². The van der Waals surface area contributed by atoms with Crippen LogP contribution in [0.15, 0.2) is 54.6 Å². The van der Waals surface area contributed by atoms with E-state index in [1.165, 1.54) is 13.2 Å². The van der Waals surface area contributed by atoms with Gasteiger partial charge in [-0.2, -0.15) is 0 Å². The maximum atomic E-state index is 14.0. The average molecular weight is 336 g/mol. The highest BCUT2D eigenvalue weighted by Crippen LogP contribution is 2.29. The molecule has 1 aromatic heterocycles.